The topological polar surface area (TPSA) is 64.1 Å². The minimum absolute atomic E-state index is 0.389. The van der Waals surface area contributed by atoms with Crippen LogP contribution in [0.25, 0.3) is 0 Å². The summed E-state index contributed by atoms with van der Waals surface area (Å²) in [5.41, 5.74) is 0. The number of halogens is 1. The van der Waals surface area contributed by atoms with Crippen molar-refractivity contribution < 1.29 is 8.94 Å². The molecule has 0 atom stereocenters. The van der Waals surface area contributed by atoms with E-state index in [4.69, 9.17) is 20.5 Å². The lowest BCUT2D eigenvalue weighted by Gasteiger charge is -1.97. The molecule has 0 aliphatic rings. The highest BCUT2D eigenvalue weighted by Gasteiger charge is 2.03. The van der Waals surface area contributed by atoms with Crippen LogP contribution in [0.4, 0.5) is 0 Å². The molecule has 15 heavy (non-hydrogen) atoms. The number of nitrogens with one attached hydrogen (secondary N) is 1. The van der Waals surface area contributed by atoms with Crippen LogP contribution in [0.3, 0.4) is 0 Å². The molecule has 0 saturated heterocycles. The Bertz CT molecular complexity index is 398. The fraction of sp³-hybridized carbons (Fsp3) is 0.333. The van der Waals surface area contributed by atoms with Crippen LogP contribution in [-0.4, -0.2) is 10.1 Å². The average molecular weight is 228 g/mol. The summed E-state index contributed by atoms with van der Waals surface area (Å²) >= 11 is 5.62. The van der Waals surface area contributed by atoms with E-state index in [1.165, 1.54) is 0 Å². The van der Waals surface area contributed by atoms with Gasteiger partial charge in [0.2, 0.25) is 5.89 Å². The molecule has 0 fully saturated rings. The third kappa shape index (κ3) is 2.81. The third-order valence-electron chi connectivity index (χ3n) is 1.77. The Morgan fingerprint density at radius 3 is 2.87 bits per heavy atom. The molecule has 0 aromatic carbocycles. The number of nitrogens with zero attached hydrogens (tertiary/aromatic N) is 2. The van der Waals surface area contributed by atoms with Gasteiger partial charge < -0.3 is 14.3 Å². The van der Waals surface area contributed by atoms with Crippen LogP contribution < -0.4 is 5.32 Å². The van der Waals surface area contributed by atoms with E-state index < -0.39 is 0 Å². The predicted molar refractivity (Wildman–Crippen MR) is 53.3 cm³/mol. The van der Waals surface area contributed by atoms with Gasteiger partial charge in [0.25, 0.3) is 0 Å². The van der Waals surface area contributed by atoms with Crippen molar-refractivity contribution in [1.29, 1.82) is 0 Å². The van der Waals surface area contributed by atoms with E-state index in [1.807, 2.05) is 6.07 Å². The van der Waals surface area contributed by atoms with Crippen molar-refractivity contribution in [3.05, 3.63) is 34.8 Å². The molecule has 0 aliphatic heterocycles. The van der Waals surface area contributed by atoms with E-state index in [1.54, 1.807) is 13.0 Å². The molecule has 2 rings (SSSR count). The second-order valence-electron chi connectivity index (χ2n) is 3.04. The van der Waals surface area contributed by atoms with E-state index >= 15 is 0 Å². The summed E-state index contributed by atoms with van der Waals surface area (Å²) in [4.78, 5) is 4.05. The molecule has 5 nitrogen and oxygen atoms in total. The van der Waals surface area contributed by atoms with Crippen molar-refractivity contribution in [2.75, 3.05) is 0 Å². The minimum atomic E-state index is 0.389. The molecule has 1 N–H and O–H groups in total. The van der Waals surface area contributed by atoms with Crippen molar-refractivity contribution in [3.63, 3.8) is 0 Å². The largest absolute Gasteiger partial charge is 0.448 e. The maximum atomic E-state index is 5.62. The standard InChI is InChI=1S/C9H10ClN3O2/c1-6-12-9(15-13-6)5-11-4-7-2-3-8(10)14-7/h2-3,11H,4-5H2,1H3. The van der Waals surface area contributed by atoms with Gasteiger partial charge in [-0.2, -0.15) is 4.98 Å². The fourth-order valence-corrected chi connectivity index (χ4v) is 1.31. The molecule has 6 heteroatoms. The summed E-state index contributed by atoms with van der Waals surface area (Å²) in [5, 5.41) is 7.16. The Morgan fingerprint density at radius 1 is 1.40 bits per heavy atom. The van der Waals surface area contributed by atoms with Gasteiger partial charge in [-0.15, -0.1) is 0 Å². The molecule has 2 aromatic heterocycles. The summed E-state index contributed by atoms with van der Waals surface area (Å²) in [6.45, 7) is 2.87. The molecule has 2 heterocycles. The maximum absolute atomic E-state index is 5.62. The average Bonchev–Trinajstić information content (AvgIpc) is 2.76. The first-order chi connectivity index (χ1) is 7.24. The van der Waals surface area contributed by atoms with Gasteiger partial charge in [0.1, 0.15) is 5.76 Å². The molecule has 0 radical (unpaired) electrons. The number of aromatic nitrogens is 2. The fourth-order valence-electron chi connectivity index (χ4n) is 1.15. The molecule has 2 aromatic rings. The predicted octanol–water partition coefficient (Wildman–Crippen LogP) is 1.91. The van der Waals surface area contributed by atoms with Crippen LogP contribution in [0.2, 0.25) is 5.22 Å². The van der Waals surface area contributed by atoms with Crippen LogP contribution in [0, 0.1) is 6.92 Å². The first-order valence-corrected chi connectivity index (χ1v) is 4.86. The van der Waals surface area contributed by atoms with Gasteiger partial charge in [-0.05, 0) is 30.7 Å². The third-order valence-corrected chi connectivity index (χ3v) is 1.98. The van der Waals surface area contributed by atoms with Gasteiger partial charge in [-0.1, -0.05) is 5.16 Å². The summed E-state index contributed by atoms with van der Waals surface area (Å²) in [6.07, 6.45) is 0. The van der Waals surface area contributed by atoms with Crippen LogP contribution in [0.5, 0.6) is 0 Å². The summed E-state index contributed by atoms with van der Waals surface area (Å²) < 4.78 is 10.1. The van der Waals surface area contributed by atoms with Crippen LogP contribution in [0.15, 0.2) is 21.1 Å². The lowest BCUT2D eigenvalue weighted by Crippen LogP contribution is -2.12. The first-order valence-electron chi connectivity index (χ1n) is 4.48. The highest BCUT2D eigenvalue weighted by atomic mass is 35.5. The van der Waals surface area contributed by atoms with Crippen molar-refractivity contribution in [2.45, 2.75) is 20.0 Å². The van der Waals surface area contributed by atoms with E-state index in [-0.39, 0.29) is 0 Å². The zero-order chi connectivity index (χ0) is 10.7. The minimum Gasteiger partial charge on any atom is -0.448 e. The Morgan fingerprint density at radius 2 is 2.27 bits per heavy atom. The lowest BCUT2D eigenvalue weighted by atomic mass is 10.4. The molecule has 0 spiro atoms. The summed E-state index contributed by atoms with van der Waals surface area (Å²) in [7, 11) is 0. The van der Waals surface area contributed by atoms with Gasteiger partial charge >= 0.3 is 0 Å². The Balaban J connectivity index is 1.80. The van der Waals surface area contributed by atoms with E-state index in [2.05, 4.69) is 15.5 Å². The summed E-state index contributed by atoms with van der Waals surface area (Å²) in [6, 6.07) is 3.52. The monoisotopic (exact) mass is 227 g/mol. The second-order valence-corrected chi connectivity index (χ2v) is 3.42. The summed E-state index contributed by atoms with van der Waals surface area (Å²) in [5.74, 6) is 1.97. The molecule has 0 saturated carbocycles. The van der Waals surface area contributed by atoms with Crippen LogP contribution in [-0.2, 0) is 13.1 Å². The quantitative estimate of drug-likeness (QED) is 0.865. The molecule has 0 unspecified atom stereocenters. The SMILES string of the molecule is Cc1noc(CNCc2ccc(Cl)o2)n1. The number of aryl methyl sites for hydroxylation is 1. The van der Waals surface area contributed by atoms with E-state index in [0.29, 0.717) is 30.0 Å². The lowest BCUT2D eigenvalue weighted by molar-refractivity contribution is 0.360. The van der Waals surface area contributed by atoms with E-state index in [9.17, 15) is 0 Å². The highest BCUT2D eigenvalue weighted by Crippen LogP contribution is 2.12. The van der Waals surface area contributed by atoms with Crippen molar-refractivity contribution >= 4 is 11.6 Å². The molecule has 0 amide bonds. The van der Waals surface area contributed by atoms with Crippen molar-refractivity contribution in [3.8, 4) is 0 Å². The highest BCUT2D eigenvalue weighted by molar-refractivity contribution is 6.28. The number of hydrogen-bond acceptors (Lipinski definition) is 5. The normalized spacial score (nSPS) is 10.8. The molecule has 0 bridgehead atoms. The molecule has 0 aliphatic carbocycles. The smallest absolute Gasteiger partial charge is 0.240 e. The van der Waals surface area contributed by atoms with Crippen molar-refractivity contribution in [2.24, 2.45) is 0 Å². The van der Waals surface area contributed by atoms with Gasteiger partial charge in [0.15, 0.2) is 11.0 Å². The van der Waals surface area contributed by atoms with Crippen LogP contribution in [0.1, 0.15) is 17.5 Å². The maximum Gasteiger partial charge on any atom is 0.240 e. The Kier molecular flexibility index (Phi) is 3.03. The van der Waals surface area contributed by atoms with Gasteiger partial charge in [0, 0.05) is 0 Å². The first kappa shape index (κ1) is 10.2. The second kappa shape index (κ2) is 4.46. The molecular formula is C9H10ClN3O2. The Labute approximate surface area is 91.4 Å². The zero-order valence-electron chi connectivity index (χ0n) is 8.16. The van der Waals surface area contributed by atoms with E-state index in [0.717, 1.165) is 5.76 Å². The van der Waals surface area contributed by atoms with Crippen LogP contribution >= 0.6 is 11.6 Å². The number of hydrogen-bond donors (Lipinski definition) is 1. The van der Waals surface area contributed by atoms with Crippen molar-refractivity contribution in [1.82, 2.24) is 15.5 Å². The van der Waals surface area contributed by atoms with Gasteiger partial charge in [-0.3, -0.25) is 0 Å². The number of furan rings is 1. The Hall–Kier alpha value is -1.33. The molecule has 80 valence electrons. The van der Waals surface area contributed by atoms with Gasteiger partial charge in [0.05, 0.1) is 13.1 Å². The molecular weight excluding hydrogens is 218 g/mol. The number of rotatable bonds is 4. The zero-order valence-corrected chi connectivity index (χ0v) is 8.91. The van der Waals surface area contributed by atoms with Gasteiger partial charge in [-0.25, -0.2) is 0 Å².